The van der Waals surface area contributed by atoms with E-state index < -0.39 is 0 Å². The summed E-state index contributed by atoms with van der Waals surface area (Å²) in [4.78, 5) is 0. The molecule has 0 aromatic rings. The Balaban J connectivity index is 3.80. The molecule has 1 unspecified atom stereocenters. The summed E-state index contributed by atoms with van der Waals surface area (Å²) in [5.41, 5.74) is 2.12. The normalized spacial score (nSPS) is 15.1. The number of hydrogen-bond donors (Lipinski definition) is 0. The second kappa shape index (κ2) is 8.78. The Morgan fingerprint density at radius 2 is 1.88 bits per heavy atom. The van der Waals surface area contributed by atoms with Crippen molar-refractivity contribution >= 4 is 0 Å². The van der Waals surface area contributed by atoms with Crippen molar-refractivity contribution in [3.63, 3.8) is 0 Å². The van der Waals surface area contributed by atoms with E-state index in [1.807, 2.05) is 0 Å². The molecule has 0 aromatic carbocycles. The molecule has 0 saturated heterocycles. The van der Waals surface area contributed by atoms with Crippen molar-refractivity contribution in [3.05, 3.63) is 11.6 Å². The lowest BCUT2D eigenvalue weighted by atomic mass is 9.80. The molecule has 0 spiro atoms. The quantitative estimate of drug-likeness (QED) is 0.410. The van der Waals surface area contributed by atoms with E-state index in [2.05, 4.69) is 47.6 Å². The lowest BCUT2D eigenvalue weighted by Gasteiger charge is -2.26. The Morgan fingerprint density at radius 3 is 2.41 bits per heavy atom. The summed E-state index contributed by atoms with van der Waals surface area (Å²) < 4.78 is 0. The van der Waals surface area contributed by atoms with E-state index in [1.54, 1.807) is 5.57 Å². The molecule has 0 aliphatic heterocycles. The van der Waals surface area contributed by atoms with Crippen LogP contribution in [0.3, 0.4) is 0 Å². The summed E-state index contributed by atoms with van der Waals surface area (Å²) in [6.45, 7) is 14.1. The standard InChI is InChI=1S/C17H34/c1-7-9-11-15(3)12-10-13-16(4)14-17(5,6)8-2/h12,16H,7-11,13-14H2,1-6H3. The minimum Gasteiger partial charge on any atom is -0.0856 e. The largest absolute Gasteiger partial charge is 0.0856 e. The van der Waals surface area contributed by atoms with E-state index in [4.69, 9.17) is 0 Å². The molecule has 0 aliphatic rings. The monoisotopic (exact) mass is 238 g/mol. The van der Waals surface area contributed by atoms with Crippen LogP contribution in [0, 0.1) is 11.3 Å². The summed E-state index contributed by atoms with van der Waals surface area (Å²) in [7, 11) is 0. The molecule has 0 fully saturated rings. The maximum absolute atomic E-state index is 2.46. The van der Waals surface area contributed by atoms with Gasteiger partial charge < -0.3 is 0 Å². The van der Waals surface area contributed by atoms with Crippen LogP contribution in [0.2, 0.25) is 0 Å². The molecule has 0 nitrogen and oxygen atoms in total. The first-order valence-electron chi connectivity index (χ1n) is 7.57. The van der Waals surface area contributed by atoms with Crippen LogP contribution in [-0.4, -0.2) is 0 Å². The van der Waals surface area contributed by atoms with Gasteiger partial charge in [-0.15, -0.1) is 0 Å². The molecule has 1 atom stereocenters. The van der Waals surface area contributed by atoms with Crippen LogP contribution < -0.4 is 0 Å². The van der Waals surface area contributed by atoms with Gasteiger partial charge in [0.25, 0.3) is 0 Å². The van der Waals surface area contributed by atoms with E-state index >= 15 is 0 Å². The lowest BCUT2D eigenvalue weighted by Crippen LogP contribution is -2.14. The highest BCUT2D eigenvalue weighted by atomic mass is 14.2. The summed E-state index contributed by atoms with van der Waals surface area (Å²) in [6, 6.07) is 0. The molecule has 0 bridgehead atoms. The Morgan fingerprint density at radius 1 is 1.24 bits per heavy atom. The van der Waals surface area contributed by atoms with Gasteiger partial charge in [-0.2, -0.15) is 0 Å². The smallest absolute Gasteiger partial charge is 0.0323 e. The third-order valence-corrected chi connectivity index (χ3v) is 3.94. The van der Waals surface area contributed by atoms with Gasteiger partial charge in [0.1, 0.15) is 0 Å². The van der Waals surface area contributed by atoms with Crippen molar-refractivity contribution in [2.45, 2.75) is 86.5 Å². The van der Waals surface area contributed by atoms with Gasteiger partial charge in [0, 0.05) is 0 Å². The molecule has 17 heavy (non-hydrogen) atoms. The van der Waals surface area contributed by atoms with E-state index in [9.17, 15) is 0 Å². The minimum absolute atomic E-state index is 0.528. The molecule has 0 aliphatic carbocycles. The van der Waals surface area contributed by atoms with Crippen LogP contribution in [-0.2, 0) is 0 Å². The molecule has 0 aromatic heterocycles. The van der Waals surface area contributed by atoms with Crippen LogP contribution >= 0.6 is 0 Å². The van der Waals surface area contributed by atoms with Gasteiger partial charge in [0.2, 0.25) is 0 Å². The summed E-state index contributed by atoms with van der Waals surface area (Å²) in [6.07, 6.45) is 11.7. The first-order chi connectivity index (χ1) is 7.91. The van der Waals surface area contributed by atoms with Crippen molar-refractivity contribution < 1.29 is 0 Å². The van der Waals surface area contributed by atoms with Gasteiger partial charge in [-0.25, -0.2) is 0 Å². The summed E-state index contributed by atoms with van der Waals surface area (Å²) >= 11 is 0. The van der Waals surface area contributed by atoms with Gasteiger partial charge >= 0.3 is 0 Å². The first-order valence-corrected chi connectivity index (χ1v) is 7.57. The van der Waals surface area contributed by atoms with Gasteiger partial charge in [0.15, 0.2) is 0 Å². The van der Waals surface area contributed by atoms with Gasteiger partial charge in [-0.05, 0) is 50.4 Å². The lowest BCUT2D eigenvalue weighted by molar-refractivity contribution is 0.260. The number of hydrogen-bond acceptors (Lipinski definition) is 0. The number of unbranched alkanes of at least 4 members (excludes halogenated alkanes) is 1. The van der Waals surface area contributed by atoms with Crippen molar-refractivity contribution in [1.29, 1.82) is 0 Å². The maximum Gasteiger partial charge on any atom is -0.0323 e. The maximum atomic E-state index is 2.46. The molecule has 0 saturated carbocycles. The van der Waals surface area contributed by atoms with Crippen molar-refractivity contribution in [2.75, 3.05) is 0 Å². The molecule has 0 rings (SSSR count). The zero-order valence-corrected chi connectivity index (χ0v) is 13.1. The highest BCUT2D eigenvalue weighted by molar-refractivity contribution is 4.97. The van der Waals surface area contributed by atoms with Crippen LogP contribution in [0.4, 0.5) is 0 Å². The second-order valence-corrected chi connectivity index (χ2v) is 6.56. The topological polar surface area (TPSA) is 0 Å². The molecule has 0 N–H and O–H groups in total. The Kier molecular flexibility index (Phi) is 8.64. The average Bonchev–Trinajstić information content (AvgIpc) is 2.25. The SMILES string of the molecule is CCCCC(C)=CCCC(C)CC(C)(C)CC. The second-order valence-electron chi connectivity index (χ2n) is 6.56. The molecule has 0 radical (unpaired) electrons. The first kappa shape index (κ1) is 16.7. The van der Waals surface area contributed by atoms with Crippen LogP contribution in [0.5, 0.6) is 0 Å². The molecular weight excluding hydrogens is 204 g/mol. The average molecular weight is 238 g/mol. The third-order valence-electron chi connectivity index (χ3n) is 3.94. The Labute approximate surface area is 110 Å². The molecular formula is C17H34. The fraction of sp³-hybridized carbons (Fsp3) is 0.882. The van der Waals surface area contributed by atoms with E-state index in [0.717, 1.165) is 5.92 Å². The highest BCUT2D eigenvalue weighted by Crippen LogP contribution is 2.30. The minimum atomic E-state index is 0.528. The van der Waals surface area contributed by atoms with Gasteiger partial charge in [-0.1, -0.05) is 59.1 Å². The van der Waals surface area contributed by atoms with E-state index in [-0.39, 0.29) is 0 Å². The van der Waals surface area contributed by atoms with Crippen molar-refractivity contribution in [1.82, 2.24) is 0 Å². The number of allylic oxidation sites excluding steroid dienone is 2. The highest BCUT2D eigenvalue weighted by Gasteiger charge is 2.18. The van der Waals surface area contributed by atoms with E-state index in [0.29, 0.717) is 5.41 Å². The molecule has 0 amide bonds. The van der Waals surface area contributed by atoms with E-state index in [1.165, 1.54) is 44.9 Å². The number of rotatable bonds is 9. The Bertz CT molecular complexity index is 210. The van der Waals surface area contributed by atoms with Crippen LogP contribution in [0.15, 0.2) is 11.6 Å². The van der Waals surface area contributed by atoms with Gasteiger partial charge in [-0.3, -0.25) is 0 Å². The predicted molar refractivity (Wildman–Crippen MR) is 80.4 cm³/mol. The Hall–Kier alpha value is -0.260. The third kappa shape index (κ3) is 9.44. The zero-order valence-electron chi connectivity index (χ0n) is 13.1. The van der Waals surface area contributed by atoms with Crippen LogP contribution in [0.25, 0.3) is 0 Å². The van der Waals surface area contributed by atoms with Crippen LogP contribution in [0.1, 0.15) is 86.5 Å². The zero-order chi connectivity index (χ0) is 13.3. The fourth-order valence-corrected chi connectivity index (χ4v) is 2.36. The predicted octanol–water partition coefficient (Wildman–Crippen LogP) is 6.37. The van der Waals surface area contributed by atoms with Crippen molar-refractivity contribution in [2.24, 2.45) is 11.3 Å². The summed E-state index contributed by atoms with van der Waals surface area (Å²) in [5.74, 6) is 0.861. The molecule has 0 heteroatoms. The molecule has 102 valence electrons. The molecule has 0 heterocycles. The van der Waals surface area contributed by atoms with Crippen molar-refractivity contribution in [3.8, 4) is 0 Å². The summed E-state index contributed by atoms with van der Waals surface area (Å²) in [5, 5.41) is 0. The van der Waals surface area contributed by atoms with Gasteiger partial charge in [0.05, 0.1) is 0 Å². The fourth-order valence-electron chi connectivity index (χ4n) is 2.36.